The molecule has 2 aromatic carbocycles. The highest BCUT2D eigenvalue weighted by molar-refractivity contribution is 5.99. The lowest BCUT2D eigenvalue weighted by molar-refractivity contribution is 0.0954. The van der Waals surface area contributed by atoms with Crippen molar-refractivity contribution in [3.63, 3.8) is 0 Å². The Morgan fingerprint density at radius 3 is 2.34 bits per heavy atom. The minimum atomic E-state index is -0.126. The Morgan fingerprint density at radius 1 is 0.897 bits per heavy atom. The van der Waals surface area contributed by atoms with Gasteiger partial charge in [0.15, 0.2) is 0 Å². The summed E-state index contributed by atoms with van der Waals surface area (Å²) >= 11 is 0. The molecule has 4 rings (SSSR count). The lowest BCUT2D eigenvalue weighted by atomic mass is 10.1. The number of hydrogen-bond donors (Lipinski definition) is 1. The molecule has 144 valence electrons. The minimum Gasteiger partial charge on any atom is -0.352 e. The number of amides is 1. The molecule has 0 bridgehead atoms. The summed E-state index contributed by atoms with van der Waals surface area (Å²) in [4.78, 5) is 17.2. The fourth-order valence-corrected chi connectivity index (χ4v) is 3.19. The summed E-state index contributed by atoms with van der Waals surface area (Å²) in [6.07, 6.45) is 4.27. The van der Waals surface area contributed by atoms with E-state index in [1.54, 1.807) is 6.20 Å². The summed E-state index contributed by atoms with van der Waals surface area (Å²) in [5.41, 5.74) is 4.28. The Labute approximate surface area is 170 Å². The Bertz CT molecular complexity index is 1060. The lowest BCUT2D eigenvalue weighted by Crippen LogP contribution is -2.26. The van der Waals surface area contributed by atoms with Crippen LogP contribution in [0.5, 0.6) is 0 Å². The van der Waals surface area contributed by atoms with E-state index >= 15 is 0 Å². The van der Waals surface area contributed by atoms with Gasteiger partial charge in [-0.1, -0.05) is 66.7 Å². The van der Waals surface area contributed by atoms with Gasteiger partial charge in [-0.3, -0.25) is 14.5 Å². The molecule has 0 aliphatic carbocycles. The van der Waals surface area contributed by atoms with Crippen molar-refractivity contribution >= 4 is 5.91 Å². The molecule has 1 amide bonds. The molecule has 0 aliphatic heterocycles. The van der Waals surface area contributed by atoms with Gasteiger partial charge in [0, 0.05) is 36.6 Å². The van der Waals surface area contributed by atoms with Crippen molar-refractivity contribution in [3.8, 4) is 11.3 Å². The van der Waals surface area contributed by atoms with E-state index in [0.29, 0.717) is 30.8 Å². The van der Waals surface area contributed by atoms with Crippen LogP contribution >= 0.6 is 0 Å². The summed E-state index contributed by atoms with van der Waals surface area (Å²) in [6.45, 7) is 1.13. The van der Waals surface area contributed by atoms with Crippen LogP contribution in [0, 0.1) is 0 Å². The molecular weight excluding hydrogens is 360 g/mol. The van der Waals surface area contributed by atoms with Crippen molar-refractivity contribution in [1.29, 1.82) is 0 Å². The van der Waals surface area contributed by atoms with Crippen molar-refractivity contribution < 1.29 is 4.79 Å². The topological polar surface area (TPSA) is 59.8 Å². The first-order valence-corrected chi connectivity index (χ1v) is 9.64. The van der Waals surface area contributed by atoms with Gasteiger partial charge in [0.1, 0.15) is 5.69 Å². The largest absolute Gasteiger partial charge is 0.352 e. The number of pyridine rings is 1. The summed E-state index contributed by atoms with van der Waals surface area (Å²) < 4.78 is 1.82. The predicted octanol–water partition coefficient (Wildman–Crippen LogP) is 3.97. The van der Waals surface area contributed by atoms with Gasteiger partial charge in [0.2, 0.25) is 0 Å². The first-order valence-electron chi connectivity index (χ1n) is 9.64. The second-order valence-corrected chi connectivity index (χ2v) is 6.77. The van der Waals surface area contributed by atoms with Crippen LogP contribution in [0.25, 0.3) is 11.3 Å². The average molecular weight is 382 g/mol. The summed E-state index contributed by atoms with van der Waals surface area (Å²) in [5.74, 6) is -0.126. The zero-order valence-corrected chi connectivity index (χ0v) is 16.0. The maximum absolute atomic E-state index is 12.9. The molecule has 0 aliphatic rings. The lowest BCUT2D eigenvalue weighted by Gasteiger charge is -2.05. The molecule has 2 aromatic heterocycles. The standard InChI is InChI=1S/C24H22N4O/c29-24(26-16-14-21-13-7-8-15-25-21)22-18-28(17-19-9-3-1-4-10-19)27-23(22)20-11-5-2-6-12-20/h1-13,15,18H,14,16-17H2,(H,26,29). The molecule has 0 unspecified atom stereocenters. The van der Waals surface area contributed by atoms with E-state index in [-0.39, 0.29) is 5.91 Å². The Balaban J connectivity index is 1.54. The normalized spacial score (nSPS) is 10.6. The molecule has 1 N–H and O–H groups in total. The smallest absolute Gasteiger partial charge is 0.255 e. The molecule has 0 saturated heterocycles. The van der Waals surface area contributed by atoms with Gasteiger partial charge in [-0.15, -0.1) is 0 Å². The van der Waals surface area contributed by atoms with Crippen LogP contribution in [-0.4, -0.2) is 27.2 Å². The third-order valence-corrected chi connectivity index (χ3v) is 4.63. The van der Waals surface area contributed by atoms with Crippen molar-refractivity contribution in [3.05, 3.63) is 108 Å². The first kappa shape index (κ1) is 18.6. The van der Waals surface area contributed by atoms with Gasteiger partial charge in [-0.2, -0.15) is 5.10 Å². The molecule has 5 heteroatoms. The number of hydrogen-bond acceptors (Lipinski definition) is 3. The van der Waals surface area contributed by atoms with Gasteiger partial charge in [0.25, 0.3) is 5.91 Å². The van der Waals surface area contributed by atoms with Crippen molar-refractivity contribution in [2.24, 2.45) is 0 Å². The number of rotatable bonds is 7. The van der Waals surface area contributed by atoms with E-state index in [9.17, 15) is 4.79 Å². The number of nitrogens with zero attached hydrogens (tertiary/aromatic N) is 3. The van der Waals surface area contributed by atoms with Crippen LogP contribution in [0.4, 0.5) is 0 Å². The van der Waals surface area contributed by atoms with Crippen LogP contribution in [0.2, 0.25) is 0 Å². The van der Waals surface area contributed by atoms with E-state index in [2.05, 4.69) is 22.4 Å². The first-order chi connectivity index (χ1) is 14.3. The monoisotopic (exact) mass is 382 g/mol. The molecule has 0 atom stereocenters. The number of benzene rings is 2. The van der Waals surface area contributed by atoms with Gasteiger partial charge in [0.05, 0.1) is 12.1 Å². The van der Waals surface area contributed by atoms with Gasteiger partial charge >= 0.3 is 0 Å². The quantitative estimate of drug-likeness (QED) is 0.526. The molecule has 0 spiro atoms. The molecule has 0 saturated carbocycles. The summed E-state index contributed by atoms with van der Waals surface area (Å²) in [6, 6.07) is 25.7. The zero-order valence-electron chi connectivity index (χ0n) is 16.0. The molecule has 5 nitrogen and oxygen atoms in total. The molecule has 4 aromatic rings. The SMILES string of the molecule is O=C(NCCc1ccccn1)c1cn(Cc2ccccc2)nc1-c1ccccc1. The number of carbonyl (C=O) groups is 1. The zero-order chi connectivity index (χ0) is 19.9. The second-order valence-electron chi connectivity index (χ2n) is 6.77. The minimum absolute atomic E-state index is 0.126. The van der Waals surface area contributed by atoms with Crippen LogP contribution in [0.1, 0.15) is 21.6 Å². The Kier molecular flexibility index (Phi) is 5.76. The van der Waals surface area contributed by atoms with Gasteiger partial charge in [-0.25, -0.2) is 0 Å². The van der Waals surface area contributed by atoms with Crippen LogP contribution in [-0.2, 0) is 13.0 Å². The van der Waals surface area contributed by atoms with Crippen molar-refractivity contribution in [2.45, 2.75) is 13.0 Å². The van der Waals surface area contributed by atoms with Crippen LogP contribution in [0.15, 0.2) is 91.3 Å². The fourth-order valence-electron chi connectivity index (χ4n) is 3.19. The van der Waals surface area contributed by atoms with Gasteiger partial charge in [-0.05, 0) is 17.7 Å². The highest BCUT2D eigenvalue weighted by Gasteiger charge is 2.18. The molecule has 2 heterocycles. The molecule has 0 radical (unpaired) electrons. The highest BCUT2D eigenvalue weighted by atomic mass is 16.1. The average Bonchev–Trinajstić information content (AvgIpc) is 3.20. The van der Waals surface area contributed by atoms with Gasteiger partial charge < -0.3 is 5.32 Å². The fraction of sp³-hybridized carbons (Fsp3) is 0.125. The van der Waals surface area contributed by atoms with E-state index in [4.69, 9.17) is 5.10 Å². The maximum atomic E-state index is 12.9. The summed E-state index contributed by atoms with van der Waals surface area (Å²) in [7, 11) is 0. The number of aromatic nitrogens is 3. The molecular formula is C24H22N4O. The van der Waals surface area contributed by atoms with E-state index < -0.39 is 0 Å². The van der Waals surface area contributed by atoms with E-state index in [1.165, 1.54) is 0 Å². The molecule has 29 heavy (non-hydrogen) atoms. The molecule has 0 fully saturated rings. The Morgan fingerprint density at radius 2 is 1.62 bits per heavy atom. The van der Waals surface area contributed by atoms with E-state index in [0.717, 1.165) is 16.8 Å². The second kappa shape index (κ2) is 8.97. The summed E-state index contributed by atoms with van der Waals surface area (Å²) in [5, 5.41) is 7.71. The predicted molar refractivity (Wildman–Crippen MR) is 113 cm³/mol. The van der Waals surface area contributed by atoms with Crippen molar-refractivity contribution in [2.75, 3.05) is 6.54 Å². The third-order valence-electron chi connectivity index (χ3n) is 4.63. The number of carbonyl (C=O) groups excluding carboxylic acids is 1. The third kappa shape index (κ3) is 4.76. The number of nitrogens with one attached hydrogen (secondary N) is 1. The highest BCUT2D eigenvalue weighted by Crippen LogP contribution is 2.22. The maximum Gasteiger partial charge on any atom is 0.255 e. The van der Waals surface area contributed by atoms with Crippen molar-refractivity contribution in [1.82, 2.24) is 20.1 Å². The van der Waals surface area contributed by atoms with Crippen LogP contribution < -0.4 is 5.32 Å². The van der Waals surface area contributed by atoms with Crippen LogP contribution in [0.3, 0.4) is 0 Å². The van der Waals surface area contributed by atoms with E-state index in [1.807, 2.05) is 77.6 Å². The Hall–Kier alpha value is -3.73.